The first-order valence-corrected chi connectivity index (χ1v) is 7.35. The number of hydrogen-bond donors (Lipinski definition) is 1. The molecule has 2 aromatic heterocycles. The van der Waals surface area contributed by atoms with E-state index in [0.717, 1.165) is 16.2 Å². The lowest BCUT2D eigenvalue weighted by Gasteiger charge is -2.01. The number of rotatable bonds is 4. The molecule has 0 aliphatic heterocycles. The van der Waals surface area contributed by atoms with Crippen LogP contribution in [0.2, 0.25) is 0 Å². The Morgan fingerprint density at radius 1 is 1.32 bits per heavy atom. The zero-order valence-corrected chi connectivity index (χ0v) is 11.3. The van der Waals surface area contributed by atoms with Gasteiger partial charge in [-0.3, -0.25) is 9.20 Å². The van der Waals surface area contributed by atoms with Crippen LogP contribution in [0.3, 0.4) is 0 Å². The number of aromatic nitrogens is 3. The molecule has 1 N–H and O–H groups in total. The summed E-state index contributed by atoms with van der Waals surface area (Å²) in [6.07, 6.45) is 0. The highest BCUT2D eigenvalue weighted by Crippen LogP contribution is 2.29. The van der Waals surface area contributed by atoms with Gasteiger partial charge in [0, 0.05) is 5.38 Å². The van der Waals surface area contributed by atoms with Crippen LogP contribution in [-0.2, 0) is 4.79 Å². The van der Waals surface area contributed by atoms with E-state index in [-0.39, 0.29) is 5.75 Å². The highest BCUT2D eigenvalue weighted by Gasteiger charge is 2.14. The van der Waals surface area contributed by atoms with Gasteiger partial charge in [0.2, 0.25) is 4.96 Å². The minimum absolute atomic E-state index is 0.0229. The van der Waals surface area contributed by atoms with Crippen molar-refractivity contribution in [2.24, 2.45) is 0 Å². The van der Waals surface area contributed by atoms with E-state index < -0.39 is 5.97 Å². The number of benzene rings is 1. The van der Waals surface area contributed by atoms with Gasteiger partial charge in [0.1, 0.15) is 0 Å². The van der Waals surface area contributed by atoms with Crippen molar-refractivity contribution in [3.63, 3.8) is 0 Å². The lowest BCUT2D eigenvalue weighted by molar-refractivity contribution is -0.133. The maximum atomic E-state index is 10.6. The van der Waals surface area contributed by atoms with E-state index in [0.29, 0.717) is 5.16 Å². The molecule has 0 saturated heterocycles. The van der Waals surface area contributed by atoms with Crippen LogP contribution in [0.1, 0.15) is 0 Å². The molecule has 1 aromatic carbocycles. The molecule has 3 aromatic rings. The van der Waals surface area contributed by atoms with Gasteiger partial charge in [-0.05, 0) is 5.56 Å². The zero-order valence-electron chi connectivity index (χ0n) is 9.68. The van der Waals surface area contributed by atoms with Gasteiger partial charge in [-0.15, -0.1) is 21.5 Å². The van der Waals surface area contributed by atoms with Crippen molar-refractivity contribution >= 4 is 34.0 Å². The van der Waals surface area contributed by atoms with Crippen LogP contribution in [0.4, 0.5) is 0 Å². The molecule has 3 rings (SSSR count). The van der Waals surface area contributed by atoms with Crippen molar-refractivity contribution < 1.29 is 9.90 Å². The topological polar surface area (TPSA) is 67.5 Å². The average molecular weight is 291 g/mol. The molecular formula is C12H9N3O2S2. The fraction of sp³-hybridized carbons (Fsp3) is 0.0833. The minimum atomic E-state index is -0.863. The molecule has 0 amide bonds. The molecule has 19 heavy (non-hydrogen) atoms. The molecule has 0 unspecified atom stereocenters. The lowest BCUT2D eigenvalue weighted by Crippen LogP contribution is -1.99. The Labute approximate surface area is 116 Å². The standard InChI is InChI=1S/C12H9N3O2S2/c16-10(17)7-19-12-14-13-11-15(12)9(6-18-11)8-4-2-1-3-5-8/h1-6H,7H2,(H,16,17). The fourth-order valence-corrected chi connectivity index (χ4v) is 3.29. The first kappa shape index (κ1) is 12.2. The maximum Gasteiger partial charge on any atom is 0.313 e. The van der Waals surface area contributed by atoms with Gasteiger partial charge in [0.25, 0.3) is 0 Å². The Morgan fingerprint density at radius 3 is 2.84 bits per heavy atom. The first-order valence-electron chi connectivity index (χ1n) is 5.48. The molecular weight excluding hydrogens is 282 g/mol. The van der Waals surface area contributed by atoms with Crippen LogP contribution < -0.4 is 0 Å². The summed E-state index contributed by atoms with van der Waals surface area (Å²) < 4.78 is 1.90. The lowest BCUT2D eigenvalue weighted by atomic mass is 10.2. The van der Waals surface area contributed by atoms with Gasteiger partial charge >= 0.3 is 5.97 Å². The second kappa shape index (κ2) is 5.02. The Hall–Kier alpha value is -1.86. The van der Waals surface area contributed by atoms with Gasteiger partial charge in [0.15, 0.2) is 5.16 Å². The molecule has 0 spiro atoms. The largest absolute Gasteiger partial charge is 0.481 e. The van der Waals surface area contributed by atoms with Gasteiger partial charge in [-0.1, -0.05) is 42.1 Å². The average Bonchev–Trinajstić information content (AvgIpc) is 2.99. The number of nitrogens with zero attached hydrogens (tertiary/aromatic N) is 3. The number of carboxylic acid groups (broad SMARTS) is 1. The fourth-order valence-electron chi connectivity index (χ4n) is 1.73. The third-order valence-corrected chi connectivity index (χ3v) is 4.24. The zero-order chi connectivity index (χ0) is 13.2. The molecule has 0 fully saturated rings. The predicted octanol–water partition coefficient (Wildman–Crippen LogP) is 2.63. The molecule has 7 heteroatoms. The van der Waals surface area contributed by atoms with Gasteiger partial charge in [-0.25, -0.2) is 0 Å². The molecule has 0 radical (unpaired) electrons. The normalized spacial score (nSPS) is 10.9. The van der Waals surface area contributed by atoms with Crippen LogP contribution in [0, 0.1) is 0 Å². The van der Waals surface area contributed by atoms with Crippen LogP contribution in [0.5, 0.6) is 0 Å². The maximum absolute atomic E-state index is 10.6. The van der Waals surface area contributed by atoms with E-state index in [1.807, 2.05) is 40.1 Å². The second-order valence-corrected chi connectivity index (χ2v) is 5.55. The van der Waals surface area contributed by atoms with Crippen molar-refractivity contribution in [3.8, 4) is 11.3 Å². The Balaban J connectivity index is 2.06. The summed E-state index contributed by atoms with van der Waals surface area (Å²) in [5.41, 5.74) is 2.05. The number of thioether (sulfide) groups is 1. The monoisotopic (exact) mass is 291 g/mol. The van der Waals surface area contributed by atoms with Crippen LogP contribution in [-0.4, -0.2) is 31.4 Å². The summed E-state index contributed by atoms with van der Waals surface area (Å²) in [7, 11) is 0. The van der Waals surface area contributed by atoms with Crippen LogP contribution in [0.15, 0.2) is 40.9 Å². The number of carbonyl (C=O) groups is 1. The van der Waals surface area contributed by atoms with Gasteiger partial charge in [0.05, 0.1) is 11.4 Å². The van der Waals surface area contributed by atoms with E-state index in [1.54, 1.807) is 0 Å². The van der Waals surface area contributed by atoms with E-state index >= 15 is 0 Å². The molecule has 0 atom stereocenters. The van der Waals surface area contributed by atoms with Crippen molar-refractivity contribution in [3.05, 3.63) is 35.7 Å². The molecule has 0 bridgehead atoms. The third kappa shape index (κ3) is 2.34. The van der Waals surface area contributed by atoms with Crippen molar-refractivity contribution in [1.29, 1.82) is 0 Å². The van der Waals surface area contributed by atoms with E-state index in [1.165, 1.54) is 23.1 Å². The number of carboxylic acids is 1. The smallest absolute Gasteiger partial charge is 0.313 e. The highest BCUT2D eigenvalue weighted by molar-refractivity contribution is 7.99. The predicted molar refractivity (Wildman–Crippen MR) is 74.7 cm³/mol. The summed E-state index contributed by atoms with van der Waals surface area (Å²) in [6, 6.07) is 9.90. The Morgan fingerprint density at radius 2 is 2.11 bits per heavy atom. The van der Waals surface area contributed by atoms with Crippen LogP contribution in [0.25, 0.3) is 16.2 Å². The summed E-state index contributed by atoms with van der Waals surface area (Å²) in [5, 5.41) is 19.5. The quantitative estimate of drug-likeness (QED) is 0.748. The summed E-state index contributed by atoms with van der Waals surface area (Å²) in [6.45, 7) is 0. The van der Waals surface area contributed by atoms with E-state index in [4.69, 9.17) is 5.11 Å². The third-order valence-electron chi connectivity index (χ3n) is 2.51. The Bertz CT molecular complexity index is 721. The first-order chi connectivity index (χ1) is 9.25. The van der Waals surface area contributed by atoms with Crippen LogP contribution >= 0.6 is 23.1 Å². The number of thiazole rings is 1. The van der Waals surface area contributed by atoms with Crippen molar-refractivity contribution in [1.82, 2.24) is 14.6 Å². The summed E-state index contributed by atoms with van der Waals surface area (Å²) in [5.74, 6) is -0.886. The van der Waals surface area contributed by atoms with E-state index in [9.17, 15) is 4.79 Å². The number of fused-ring (bicyclic) bond motifs is 1. The van der Waals surface area contributed by atoms with E-state index in [2.05, 4.69) is 10.2 Å². The molecule has 0 saturated carbocycles. The van der Waals surface area contributed by atoms with Gasteiger partial charge < -0.3 is 5.11 Å². The SMILES string of the molecule is O=C(O)CSc1nnc2scc(-c3ccccc3)n12. The minimum Gasteiger partial charge on any atom is -0.481 e. The summed E-state index contributed by atoms with van der Waals surface area (Å²) in [4.78, 5) is 11.4. The highest BCUT2D eigenvalue weighted by atomic mass is 32.2. The molecule has 5 nitrogen and oxygen atoms in total. The van der Waals surface area contributed by atoms with Gasteiger partial charge in [-0.2, -0.15) is 0 Å². The number of hydrogen-bond acceptors (Lipinski definition) is 5. The van der Waals surface area contributed by atoms with Crippen molar-refractivity contribution in [2.45, 2.75) is 5.16 Å². The molecule has 0 aliphatic carbocycles. The van der Waals surface area contributed by atoms with Crippen molar-refractivity contribution in [2.75, 3.05) is 5.75 Å². The molecule has 96 valence electrons. The molecule has 2 heterocycles. The summed E-state index contributed by atoms with van der Waals surface area (Å²) >= 11 is 2.67. The second-order valence-electron chi connectivity index (χ2n) is 3.77. The molecule has 0 aliphatic rings. The Kier molecular flexibility index (Phi) is 3.22. The number of aliphatic carboxylic acids is 1.